The van der Waals surface area contributed by atoms with Crippen LogP contribution in [-0.4, -0.2) is 11.9 Å². The number of Topliss-reactive ketones (excluding diaryl/α,β-unsaturated/α-hetero) is 1. The van der Waals surface area contributed by atoms with Crippen LogP contribution in [0, 0.1) is 5.41 Å². The summed E-state index contributed by atoms with van der Waals surface area (Å²) in [7, 11) is 0. The van der Waals surface area contributed by atoms with Crippen molar-refractivity contribution in [2.75, 3.05) is 0 Å². The molecule has 4 heteroatoms. The SMILES string of the molecule is CCC1(C)C(=O)CC1Oc1cccc(Cl)c1Cl. The lowest BCUT2D eigenvalue weighted by Gasteiger charge is -2.44. The van der Waals surface area contributed by atoms with Crippen LogP contribution in [0.25, 0.3) is 0 Å². The van der Waals surface area contributed by atoms with Crippen molar-refractivity contribution in [3.63, 3.8) is 0 Å². The number of rotatable bonds is 3. The highest BCUT2D eigenvalue weighted by Gasteiger charge is 2.51. The van der Waals surface area contributed by atoms with Gasteiger partial charge in [0.05, 0.1) is 10.4 Å². The second kappa shape index (κ2) is 4.51. The number of halogens is 2. The van der Waals surface area contributed by atoms with Gasteiger partial charge in [0.25, 0.3) is 0 Å². The van der Waals surface area contributed by atoms with E-state index in [0.717, 1.165) is 6.42 Å². The van der Waals surface area contributed by atoms with Gasteiger partial charge in [-0.1, -0.05) is 36.2 Å². The topological polar surface area (TPSA) is 26.3 Å². The van der Waals surface area contributed by atoms with Crippen molar-refractivity contribution in [2.24, 2.45) is 5.41 Å². The van der Waals surface area contributed by atoms with Crippen molar-refractivity contribution < 1.29 is 9.53 Å². The lowest BCUT2D eigenvalue weighted by atomic mass is 9.64. The molecular weight excluding hydrogens is 259 g/mol. The summed E-state index contributed by atoms with van der Waals surface area (Å²) in [5.41, 5.74) is -0.383. The van der Waals surface area contributed by atoms with Crippen molar-refractivity contribution in [3.8, 4) is 5.75 Å². The number of carbonyl (C=O) groups is 1. The van der Waals surface area contributed by atoms with E-state index in [9.17, 15) is 4.79 Å². The average Bonchev–Trinajstić information content (AvgIpc) is 2.33. The highest BCUT2D eigenvalue weighted by atomic mass is 35.5. The van der Waals surface area contributed by atoms with E-state index in [1.807, 2.05) is 13.8 Å². The molecule has 0 heterocycles. The fraction of sp³-hybridized carbons (Fsp3) is 0.462. The molecule has 0 aliphatic heterocycles. The van der Waals surface area contributed by atoms with Crippen LogP contribution in [0.3, 0.4) is 0 Å². The molecule has 17 heavy (non-hydrogen) atoms. The summed E-state index contributed by atoms with van der Waals surface area (Å²) in [6.45, 7) is 3.93. The summed E-state index contributed by atoms with van der Waals surface area (Å²) >= 11 is 12.0. The van der Waals surface area contributed by atoms with Crippen molar-refractivity contribution in [3.05, 3.63) is 28.2 Å². The fourth-order valence-electron chi connectivity index (χ4n) is 2.00. The monoisotopic (exact) mass is 272 g/mol. The van der Waals surface area contributed by atoms with Crippen molar-refractivity contribution in [1.82, 2.24) is 0 Å². The van der Waals surface area contributed by atoms with E-state index < -0.39 is 0 Å². The van der Waals surface area contributed by atoms with Crippen LogP contribution in [0.15, 0.2) is 18.2 Å². The first-order chi connectivity index (χ1) is 7.99. The third-order valence-corrected chi connectivity index (χ3v) is 4.44. The largest absolute Gasteiger partial charge is 0.487 e. The van der Waals surface area contributed by atoms with Crippen LogP contribution in [0.5, 0.6) is 5.75 Å². The quantitative estimate of drug-likeness (QED) is 0.827. The Bertz CT molecular complexity index is 459. The summed E-state index contributed by atoms with van der Waals surface area (Å²) in [5, 5.41) is 0.875. The molecule has 0 bridgehead atoms. The van der Waals surface area contributed by atoms with E-state index in [1.54, 1.807) is 18.2 Å². The Hall–Kier alpha value is -0.730. The number of hydrogen-bond donors (Lipinski definition) is 0. The molecule has 0 N–H and O–H groups in total. The molecule has 2 atom stereocenters. The fourth-order valence-corrected chi connectivity index (χ4v) is 2.34. The summed E-state index contributed by atoms with van der Waals surface area (Å²) in [6.07, 6.45) is 1.12. The standard InChI is InChI=1S/C13H14Cl2O2/c1-3-13(2)10(16)7-11(13)17-9-6-4-5-8(14)12(9)15/h4-6,11H,3,7H2,1-2H3. The predicted octanol–water partition coefficient (Wildman–Crippen LogP) is 4.13. The van der Waals surface area contributed by atoms with Gasteiger partial charge < -0.3 is 4.74 Å². The number of ether oxygens (including phenoxy) is 1. The average molecular weight is 273 g/mol. The normalized spacial score (nSPS) is 27.8. The number of carbonyl (C=O) groups excluding carboxylic acids is 1. The van der Waals surface area contributed by atoms with Gasteiger partial charge in [0, 0.05) is 6.42 Å². The van der Waals surface area contributed by atoms with Crippen LogP contribution in [0.4, 0.5) is 0 Å². The van der Waals surface area contributed by atoms with Crippen LogP contribution in [0.1, 0.15) is 26.7 Å². The Morgan fingerprint density at radius 1 is 1.47 bits per heavy atom. The number of benzene rings is 1. The zero-order valence-corrected chi connectivity index (χ0v) is 11.3. The van der Waals surface area contributed by atoms with Gasteiger partial charge in [-0.05, 0) is 25.5 Å². The first-order valence-corrected chi connectivity index (χ1v) is 6.38. The van der Waals surface area contributed by atoms with Crippen LogP contribution >= 0.6 is 23.2 Å². The minimum Gasteiger partial charge on any atom is -0.487 e. The van der Waals surface area contributed by atoms with Crippen molar-refractivity contribution in [1.29, 1.82) is 0 Å². The minimum absolute atomic E-state index is 0.101. The Kier molecular flexibility index (Phi) is 3.37. The van der Waals surface area contributed by atoms with Gasteiger partial charge in [0.15, 0.2) is 0 Å². The van der Waals surface area contributed by atoms with Gasteiger partial charge in [0.1, 0.15) is 22.7 Å². The summed E-state index contributed by atoms with van der Waals surface area (Å²) in [6, 6.07) is 5.27. The summed E-state index contributed by atoms with van der Waals surface area (Å²) in [4.78, 5) is 11.6. The lowest BCUT2D eigenvalue weighted by Crippen LogP contribution is -2.54. The Morgan fingerprint density at radius 2 is 2.18 bits per heavy atom. The smallest absolute Gasteiger partial charge is 0.146 e. The third-order valence-electron chi connectivity index (χ3n) is 3.64. The molecule has 0 spiro atoms. The number of ketones is 1. The van der Waals surface area contributed by atoms with Crippen LogP contribution < -0.4 is 4.74 Å². The molecule has 2 unspecified atom stereocenters. The van der Waals surface area contributed by atoms with E-state index in [1.165, 1.54) is 0 Å². The molecule has 0 saturated heterocycles. The zero-order valence-electron chi connectivity index (χ0n) is 9.80. The van der Waals surface area contributed by atoms with Gasteiger partial charge in [0.2, 0.25) is 0 Å². The van der Waals surface area contributed by atoms with E-state index in [2.05, 4.69) is 0 Å². The van der Waals surface area contributed by atoms with Gasteiger partial charge in [-0.3, -0.25) is 4.79 Å². The molecule has 0 aromatic heterocycles. The van der Waals surface area contributed by atoms with Gasteiger partial charge in [-0.25, -0.2) is 0 Å². The molecule has 0 amide bonds. The Balaban J connectivity index is 2.18. The Labute approximate surface area is 111 Å². The minimum atomic E-state index is -0.383. The summed E-state index contributed by atoms with van der Waals surface area (Å²) < 4.78 is 5.80. The maximum Gasteiger partial charge on any atom is 0.146 e. The highest BCUT2D eigenvalue weighted by Crippen LogP contribution is 2.44. The van der Waals surface area contributed by atoms with Gasteiger partial charge >= 0.3 is 0 Å². The molecule has 1 fully saturated rings. The second-order valence-corrected chi connectivity index (χ2v) is 5.34. The molecular formula is C13H14Cl2O2. The molecule has 2 nitrogen and oxygen atoms in total. The second-order valence-electron chi connectivity index (χ2n) is 4.56. The van der Waals surface area contributed by atoms with Crippen LogP contribution in [0.2, 0.25) is 10.0 Å². The first-order valence-electron chi connectivity index (χ1n) is 5.63. The lowest BCUT2D eigenvalue weighted by molar-refractivity contribution is -0.150. The highest BCUT2D eigenvalue weighted by molar-refractivity contribution is 6.42. The zero-order chi connectivity index (χ0) is 12.6. The van der Waals surface area contributed by atoms with Crippen LogP contribution in [-0.2, 0) is 4.79 Å². The molecule has 2 rings (SSSR count). The molecule has 1 aliphatic carbocycles. The van der Waals surface area contributed by atoms with Crippen molar-refractivity contribution >= 4 is 29.0 Å². The molecule has 1 aromatic carbocycles. The molecule has 1 aromatic rings. The molecule has 1 saturated carbocycles. The first kappa shape index (κ1) is 12.7. The predicted molar refractivity (Wildman–Crippen MR) is 68.9 cm³/mol. The molecule has 1 aliphatic rings. The van der Waals surface area contributed by atoms with E-state index in [-0.39, 0.29) is 17.3 Å². The molecule has 92 valence electrons. The Morgan fingerprint density at radius 3 is 2.76 bits per heavy atom. The van der Waals surface area contributed by atoms with Gasteiger partial charge in [-0.15, -0.1) is 0 Å². The summed E-state index contributed by atoms with van der Waals surface area (Å²) in [5.74, 6) is 0.805. The maximum atomic E-state index is 11.6. The van der Waals surface area contributed by atoms with E-state index >= 15 is 0 Å². The van der Waals surface area contributed by atoms with E-state index in [0.29, 0.717) is 22.2 Å². The third kappa shape index (κ3) is 2.04. The van der Waals surface area contributed by atoms with Gasteiger partial charge in [-0.2, -0.15) is 0 Å². The molecule has 0 radical (unpaired) electrons. The van der Waals surface area contributed by atoms with Crippen molar-refractivity contribution in [2.45, 2.75) is 32.8 Å². The number of hydrogen-bond acceptors (Lipinski definition) is 2. The van der Waals surface area contributed by atoms with E-state index in [4.69, 9.17) is 27.9 Å². The maximum absolute atomic E-state index is 11.6.